The van der Waals surface area contributed by atoms with Gasteiger partial charge in [0.05, 0.1) is 94.7 Å². The fourth-order valence-corrected chi connectivity index (χ4v) is 23.7. The molecule has 4 fully saturated rings. The molecule has 11 aromatic carbocycles. The summed E-state index contributed by atoms with van der Waals surface area (Å²) in [5.41, 5.74) is 21.5. The van der Waals surface area contributed by atoms with Crippen molar-refractivity contribution in [3.8, 4) is 22.7 Å². The Morgan fingerprint density at radius 1 is 0.290 bits per heavy atom. The van der Waals surface area contributed by atoms with Crippen LogP contribution >= 0.6 is 0 Å². The third-order valence-electron chi connectivity index (χ3n) is 30.9. The molecule has 8 aliphatic rings. The largest absolute Gasteiger partial charge is 0.388 e. The van der Waals surface area contributed by atoms with Gasteiger partial charge in [0.2, 0.25) is 0 Å². The Hall–Kier alpha value is -13.2. The molecule has 0 unspecified atom stereocenters. The van der Waals surface area contributed by atoms with Crippen molar-refractivity contribution in [1.82, 2.24) is 44.1 Å². The predicted molar refractivity (Wildman–Crippen MR) is 502 cm³/mol. The van der Waals surface area contributed by atoms with E-state index in [1.54, 1.807) is 72.8 Å². The highest BCUT2D eigenvalue weighted by Gasteiger charge is 2.54. The molecule has 4 N–H and O–H groups in total. The first-order valence-electron chi connectivity index (χ1n) is 45.4. The molecule has 0 spiro atoms. The number of fused-ring (bicyclic) bond motifs is 12. The maximum absolute atomic E-state index is 14.4. The van der Waals surface area contributed by atoms with E-state index in [9.17, 15) is 46.8 Å². The fraction of sp³-hybridized carbons (Fsp3) is 0.259. The third kappa shape index (κ3) is 14.7. The van der Waals surface area contributed by atoms with Crippen LogP contribution in [0.4, 0.5) is 26.3 Å². The number of halogens is 6. The summed E-state index contributed by atoms with van der Waals surface area (Å²) >= 11 is 0. The van der Waals surface area contributed by atoms with Crippen LogP contribution in [0.1, 0.15) is 176 Å². The number of aromatic nitrogens is 9. The van der Waals surface area contributed by atoms with Gasteiger partial charge in [0.1, 0.15) is 34.9 Å². The van der Waals surface area contributed by atoms with E-state index in [0.29, 0.717) is 10.8 Å². The van der Waals surface area contributed by atoms with Crippen LogP contribution in [0.3, 0.4) is 0 Å². The standard InChI is InChI=1S/C29H27FN2O.2C28H24F2N2O.C27H24FN3O/c1-18-7-13-25(24-6-4-3-5-23(18)24)28(33)26-14-8-20-15-27-19(16-29(20,26)2)17-31-32(27)22-11-9-21(30)10-12-22;2*1-28-15-17-16-31-32(20-9-7-19(29)8-10-20)26(17)14-18(28)6-12-24(28)27(33)23-11-13-25(30)22-5-3-2-4-21(22)23;1-27-13-18-15-30-31(21-9-7-20(28)8-10-21)25(18)12-19(27)6-11-24(27)26(32)23-16-29-14-17-4-2-3-5-22(17)23/h3-7,9-13,15,17,26,28,33H,8,14,16H2,1-2H3;2*2-5,7-11,13-14,16,24,27,33H,6,12,15H2,1H3;2-5,7-10,12,14-16,24,26,32H,6,11,13H2,1H3/t26-,28-,29+;24-,27+,28+;24-,27-,28+;24-,26+,27+/m1111/s1. The SMILES string of the molecule is C[C@]12Cc3cnn(-c4ccc(F)cc4)c3C=C1CC[C@@H]2[C@@H](O)c1ccc(F)c2ccccc12.C[C@]12Cc3cnn(-c4ccc(F)cc4)c3C=C1CC[C@@H]2[C@@H](O)c1cncc2ccccc12.C[C@]12Cc3cnn(-c4ccc(F)cc4)c3C=C1CC[C@@H]2[C@H](O)c1ccc(F)c2ccccc12.Cc1ccc([C@@H](O)[C@H]2CCC3=Cc4c(cnn4-c4ccc(F)cc4)C[C@@]32C)c2ccccc12. The minimum atomic E-state index is -0.694. The molecule has 0 saturated heterocycles. The quantitative estimate of drug-likeness (QED) is 0.0871. The van der Waals surface area contributed by atoms with Crippen molar-refractivity contribution in [2.75, 3.05) is 0 Å². The summed E-state index contributed by atoms with van der Waals surface area (Å²) in [7, 11) is 0. The lowest BCUT2D eigenvalue weighted by Crippen LogP contribution is -2.32. The van der Waals surface area contributed by atoms with Gasteiger partial charge in [-0.05, 0) is 334 Å². The topological polar surface area (TPSA) is 165 Å². The Balaban J connectivity index is 0.000000105. The van der Waals surface area contributed by atoms with Gasteiger partial charge in [-0.1, -0.05) is 171 Å². The highest BCUT2D eigenvalue weighted by atomic mass is 19.1. The number of aliphatic hydroxyl groups is 4. The summed E-state index contributed by atoms with van der Waals surface area (Å²) in [6.45, 7) is 11.1. The van der Waals surface area contributed by atoms with E-state index in [4.69, 9.17) is 0 Å². The molecular weight excluding hydrogens is 1650 g/mol. The van der Waals surface area contributed by atoms with E-state index in [-0.39, 0.29) is 80.2 Å². The molecule has 0 amide bonds. The predicted octanol–water partition coefficient (Wildman–Crippen LogP) is 25.0. The average Bonchev–Trinajstić information content (AvgIpc) is 1.60. The number of benzene rings is 11. The van der Waals surface area contributed by atoms with Gasteiger partial charge in [0.25, 0.3) is 0 Å². The van der Waals surface area contributed by atoms with Crippen molar-refractivity contribution in [3.05, 3.63) is 398 Å². The lowest BCUT2D eigenvalue weighted by atomic mass is 9.67. The molecule has 19 heteroatoms. The highest BCUT2D eigenvalue weighted by molar-refractivity contribution is 5.90. The molecule has 8 aliphatic carbocycles. The number of nitrogens with zero attached hydrogens (tertiary/aromatic N) is 9. The van der Waals surface area contributed by atoms with Gasteiger partial charge in [0.15, 0.2) is 0 Å². The molecule has 12 atom stereocenters. The summed E-state index contributed by atoms with van der Waals surface area (Å²) in [5, 5.41) is 71.8. The minimum absolute atomic E-state index is 0.0138. The van der Waals surface area contributed by atoms with Crippen molar-refractivity contribution in [2.45, 2.75) is 136 Å². The molecule has 131 heavy (non-hydrogen) atoms. The molecule has 0 radical (unpaired) electrons. The summed E-state index contributed by atoms with van der Waals surface area (Å²) in [6.07, 6.45) is 28.2. The van der Waals surface area contributed by atoms with Gasteiger partial charge >= 0.3 is 0 Å². The van der Waals surface area contributed by atoms with Gasteiger partial charge in [-0.15, -0.1) is 0 Å². The Morgan fingerprint density at radius 3 is 0.878 bits per heavy atom. The smallest absolute Gasteiger partial charge is 0.131 e. The van der Waals surface area contributed by atoms with Crippen LogP contribution in [0.25, 0.3) is 90.1 Å². The Kier molecular flexibility index (Phi) is 21.5. The maximum Gasteiger partial charge on any atom is 0.131 e. The van der Waals surface area contributed by atoms with Crippen molar-refractivity contribution < 1.29 is 46.8 Å². The summed E-state index contributed by atoms with van der Waals surface area (Å²) in [5.74, 6) is -1.32. The van der Waals surface area contributed by atoms with Crippen LogP contribution in [0.5, 0.6) is 0 Å². The average molecular weight is 1750 g/mol. The van der Waals surface area contributed by atoms with Crippen LogP contribution in [0.2, 0.25) is 0 Å². The van der Waals surface area contributed by atoms with Gasteiger partial charge in [0, 0.05) is 34.1 Å². The van der Waals surface area contributed by atoms with Crippen molar-refractivity contribution in [2.24, 2.45) is 45.3 Å². The number of aliphatic hydroxyl groups excluding tert-OH is 4. The van der Waals surface area contributed by atoms with Crippen LogP contribution in [0, 0.1) is 87.2 Å². The molecule has 13 nitrogen and oxygen atoms in total. The van der Waals surface area contributed by atoms with E-state index in [1.165, 1.54) is 99.5 Å². The van der Waals surface area contributed by atoms with Crippen LogP contribution in [-0.4, -0.2) is 64.5 Å². The van der Waals surface area contributed by atoms with E-state index < -0.39 is 24.4 Å². The van der Waals surface area contributed by atoms with E-state index in [0.717, 1.165) is 188 Å². The zero-order chi connectivity index (χ0) is 90.1. The van der Waals surface area contributed by atoms with E-state index in [1.807, 2.05) is 111 Å². The number of rotatable bonds is 12. The molecule has 0 aliphatic heterocycles. The third-order valence-corrected chi connectivity index (χ3v) is 30.9. The summed E-state index contributed by atoms with van der Waals surface area (Å²) < 4.78 is 89.8. The van der Waals surface area contributed by atoms with Crippen molar-refractivity contribution >= 4 is 67.4 Å². The molecular formula is C112H99F6N9O4. The molecule has 658 valence electrons. The zero-order valence-electron chi connectivity index (χ0n) is 73.4. The first-order valence-corrected chi connectivity index (χ1v) is 45.4. The number of pyridine rings is 1. The maximum atomic E-state index is 14.4. The van der Waals surface area contributed by atoms with Crippen LogP contribution in [0.15, 0.2) is 290 Å². The Labute approximate surface area is 755 Å². The zero-order valence-corrected chi connectivity index (χ0v) is 73.4. The lowest BCUT2D eigenvalue weighted by Gasteiger charge is -2.38. The first-order chi connectivity index (χ1) is 63.4. The molecule has 24 rings (SSSR count). The second-order valence-corrected chi connectivity index (χ2v) is 38.0. The molecule has 16 aromatic rings. The monoisotopic (exact) mass is 1750 g/mol. The number of hydrogen-bond donors (Lipinski definition) is 4. The number of aryl methyl sites for hydroxylation is 1. The van der Waals surface area contributed by atoms with Crippen LogP contribution < -0.4 is 0 Å². The fourth-order valence-electron chi connectivity index (χ4n) is 23.7. The van der Waals surface area contributed by atoms with Crippen molar-refractivity contribution in [1.29, 1.82) is 0 Å². The number of allylic oxidation sites excluding steroid dienone is 4. The molecule has 4 saturated carbocycles. The number of hydrogen-bond acceptors (Lipinski definition) is 9. The summed E-state index contributed by atoms with van der Waals surface area (Å²) in [4.78, 5) is 4.40. The molecule has 5 aromatic heterocycles. The highest BCUT2D eigenvalue weighted by Crippen LogP contribution is 2.62. The minimum Gasteiger partial charge on any atom is -0.388 e. The molecule has 0 bridgehead atoms. The van der Waals surface area contributed by atoms with E-state index in [2.05, 4.69) is 127 Å². The van der Waals surface area contributed by atoms with Gasteiger partial charge in [-0.3, -0.25) is 4.98 Å². The van der Waals surface area contributed by atoms with E-state index >= 15 is 0 Å². The molecule has 5 heterocycles. The van der Waals surface area contributed by atoms with Gasteiger partial charge in [-0.25, -0.2) is 45.1 Å². The second-order valence-electron chi connectivity index (χ2n) is 38.0. The lowest BCUT2D eigenvalue weighted by molar-refractivity contribution is 0.0562. The van der Waals surface area contributed by atoms with Gasteiger partial charge in [-0.2, -0.15) is 20.4 Å². The Bertz CT molecular complexity index is 6770. The summed E-state index contributed by atoms with van der Waals surface area (Å²) in [6, 6.07) is 67.4. The first kappa shape index (κ1) is 84.7. The second kappa shape index (κ2) is 33.3. The van der Waals surface area contributed by atoms with Crippen LogP contribution in [-0.2, 0) is 25.7 Å². The van der Waals surface area contributed by atoms with Crippen molar-refractivity contribution in [3.63, 3.8) is 0 Å². The Morgan fingerprint density at radius 2 is 0.557 bits per heavy atom. The normalized spacial score (nSPS) is 22.7. The van der Waals surface area contributed by atoms with Gasteiger partial charge < -0.3 is 20.4 Å².